The summed E-state index contributed by atoms with van der Waals surface area (Å²) in [5, 5.41) is 3.36. The standard InChI is InChI=1S/C17H28N2O/c1-3-18-12-15-7-9-16(10-8-15)13-19-11-5-6-17(14-19)20-4-2/h7-10,17-18H,3-6,11-14H2,1-2H3. The number of ether oxygens (including phenoxy) is 1. The molecule has 1 unspecified atom stereocenters. The molecule has 0 spiro atoms. The highest BCUT2D eigenvalue weighted by molar-refractivity contribution is 5.22. The monoisotopic (exact) mass is 276 g/mol. The molecule has 0 aliphatic carbocycles. The van der Waals surface area contributed by atoms with E-state index in [-0.39, 0.29) is 0 Å². The second-order valence-electron chi connectivity index (χ2n) is 5.55. The summed E-state index contributed by atoms with van der Waals surface area (Å²) in [7, 11) is 0. The lowest BCUT2D eigenvalue weighted by atomic mass is 10.1. The third kappa shape index (κ3) is 4.89. The van der Waals surface area contributed by atoms with Crippen LogP contribution >= 0.6 is 0 Å². The smallest absolute Gasteiger partial charge is 0.0702 e. The maximum Gasteiger partial charge on any atom is 0.0702 e. The molecular weight excluding hydrogens is 248 g/mol. The van der Waals surface area contributed by atoms with E-state index in [1.165, 1.54) is 30.5 Å². The first-order valence-electron chi connectivity index (χ1n) is 7.94. The van der Waals surface area contributed by atoms with Gasteiger partial charge in [-0.05, 0) is 44.0 Å². The van der Waals surface area contributed by atoms with Crippen LogP contribution in [-0.2, 0) is 17.8 Å². The number of piperidine rings is 1. The fraction of sp³-hybridized carbons (Fsp3) is 0.647. The van der Waals surface area contributed by atoms with Crippen LogP contribution in [0, 0.1) is 0 Å². The zero-order chi connectivity index (χ0) is 14.2. The average molecular weight is 276 g/mol. The molecule has 1 heterocycles. The van der Waals surface area contributed by atoms with Gasteiger partial charge >= 0.3 is 0 Å². The van der Waals surface area contributed by atoms with Crippen LogP contribution in [0.15, 0.2) is 24.3 Å². The third-order valence-corrected chi connectivity index (χ3v) is 3.87. The summed E-state index contributed by atoms with van der Waals surface area (Å²) in [4.78, 5) is 2.52. The first-order chi connectivity index (χ1) is 9.81. The van der Waals surface area contributed by atoms with Crippen LogP contribution in [0.1, 0.15) is 37.8 Å². The van der Waals surface area contributed by atoms with Crippen molar-refractivity contribution in [1.29, 1.82) is 0 Å². The van der Waals surface area contributed by atoms with Crippen molar-refractivity contribution in [3.05, 3.63) is 35.4 Å². The Bertz CT molecular complexity index is 375. The van der Waals surface area contributed by atoms with Gasteiger partial charge in [0.2, 0.25) is 0 Å². The number of rotatable bonds is 7. The summed E-state index contributed by atoms with van der Waals surface area (Å²) in [6.07, 6.45) is 2.90. The molecule has 1 atom stereocenters. The van der Waals surface area contributed by atoms with Crippen LogP contribution in [0.3, 0.4) is 0 Å². The topological polar surface area (TPSA) is 24.5 Å². The van der Waals surface area contributed by atoms with Crippen LogP contribution < -0.4 is 5.32 Å². The zero-order valence-electron chi connectivity index (χ0n) is 12.9. The fourth-order valence-electron chi connectivity index (χ4n) is 2.82. The number of likely N-dealkylation sites (tertiary alicyclic amines) is 1. The van der Waals surface area contributed by atoms with Gasteiger partial charge < -0.3 is 10.1 Å². The average Bonchev–Trinajstić information content (AvgIpc) is 2.47. The van der Waals surface area contributed by atoms with Crippen molar-refractivity contribution >= 4 is 0 Å². The van der Waals surface area contributed by atoms with E-state index in [0.29, 0.717) is 6.10 Å². The van der Waals surface area contributed by atoms with Crippen molar-refractivity contribution in [3.8, 4) is 0 Å². The summed E-state index contributed by atoms with van der Waals surface area (Å²) in [6.45, 7) is 10.4. The highest BCUT2D eigenvalue weighted by atomic mass is 16.5. The number of nitrogens with zero attached hydrogens (tertiary/aromatic N) is 1. The van der Waals surface area contributed by atoms with Gasteiger partial charge in [0.25, 0.3) is 0 Å². The van der Waals surface area contributed by atoms with E-state index in [1.54, 1.807) is 0 Å². The van der Waals surface area contributed by atoms with Gasteiger partial charge in [0.15, 0.2) is 0 Å². The highest BCUT2D eigenvalue weighted by Gasteiger charge is 2.19. The van der Waals surface area contributed by atoms with Crippen molar-refractivity contribution in [3.63, 3.8) is 0 Å². The van der Waals surface area contributed by atoms with Gasteiger partial charge in [0.05, 0.1) is 6.10 Å². The van der Waals surface area contributed by atoms with E-state index in [2.05, 4.69) is 48.3 Å². The van der Waals surface area contributed by atoms with Crippen LogP contribution in [-0.4, -0.2) is 37.2 Å². The lowest BCUT2D eigenvalue weighted by Gasteiger charge is -2.32. The lowest BCUT2D eigenvalue weighted by molar-refractivity contribution is 0.00363. The first kappa shape index (κ1) is 15.5. The Labute approximate surface area is 123 Å². The molecule has 0 saturated carbocycles. The number of hydrogen-bond donors (Lipinski definition) is 1. The third-order valence-electron chi connectivity index (χ3n) is 3.87. The van der Waals surface area contributed by atoms with E-state index in [1.807, 2.05) is 0 Å². The fourth-order valence-corrected chi connectivity index (χ4v) is 2.82. The Morgan fingerprint density at radius 3 is 2.65 bits per heavy atom. The summed E-state index contributed by atoms with van der Waals surface area (Å²) < 4.78 is 5.76. The van der Waals surface area contributed by atoms with E-state index < -0.39 is 0 Å². The molecule has 0 amide bonds. The van der Waals surface area contributed by atoms with Gasteiger partial charge in [0, 0.05) is 26.2 Å². The normalized spacial score (nSPS) is 20.2. The van der Waals surface area contributed by atoms with E-state index in [9.17, 15) is 0 Å². The molecule has 20 heavy (non-hydrogen) atoms. The SMILES string of the molecule is CCNCc1ccc(CN2CCCC(OCC)C2)cc1. The molecule has 1 aromatic rings. The van der Waals surface area contributed by atoms with Gasteiger partial charge in [0.1, 0.15) is 0 Å². The van der Waals surface area contributed by atoms with Gasteiger partial charge in [-0.15, -0.1) is 0 Å². The predicted molar refractivity (Wildman–Crippen MR) is 83.7 cm³/mol. The van der Waals surface area contributed by atoms with E-state index in [4.69, 9.17) is 4.74 Å². The Morgan fingerprint density at radius 2 is 1.95 bits per heavy atom. The molecule has 0 aromatic heterocycles. The first-order valence-corrected chi connectivity index (χ1v) is 7.94. The molecule has 3 heteroatoms. The molecule has 1 N–H and O–H groups in total. The van der Waals surface area contributed by atoms with Crippen LogP contribution in [0.4, 0.5) is 0 Å². The minimum absolute atomic E-state index is 0.432. The quantitative estimate of drug-likeness (QED) is 0.829. The molecule has 0 bridgehead atoms. The second kappa shape index (κ2) is 8.40. The van der Waals surface area contributed by atoms with E-state index in [0.717, 1.165) is 32.8 Å². The number of benzene rings is 1. The van der Waals surface area contributed by atoms with Crippen molar-refractivity contribution < 1.29 is 4.74 Å². The molecule has 0 radical (unpaired) electrons. The summed E-state index contributed by atoms with van der Waals surface area (Å²) in [5.74, 6) is 0. The Hall–Kier alpha value is -0.900. The Balaban J connectivity index is 1.83. The molecule has 1 fully saturated rings. The number of hydrogen-bond acceptors (Lipinski definition) is 3. The Kier molecular flexibility index (Phi) is 6.51. The van der Waals surface area contributed by atoms with Gasteiger partial charge in [-0.3, -0.25) is 4.90 Å². The van der Waals surface area contributed by atoms with Crippen molar-refractivity contribution in [2.75, 3.05) is 26.2 Å². The zero-order valence-corrected chi connectivity index (χ0v) is 12.9. The molecule has 112 valence electrons. The van der Waals surface area contributed by atoms with Crippen LogP contribution in [0.5, 0.6) is 0 Å². The lowest BCUT2D eigenvalue weighted by Crippen LogP contribution is -2.39. The van der Waals surface area contributed by atoms with Crippen LogP contribution in [0.2, 0.25) is 0 Å². The van der Waals surface area contributed by atoms with Gasteiger partial charge in [-0.1, -0.05) is 31.2 Å². The molecule has 1 aliphatic heterocycles. The largest absolute Gasteiger partial charge is 0.377 e. The van der Waals surface area contributed by atoms with Gasteiger partial charge in [-0.2, -0.15) is 0 Å². The summed E-state index contributed by atoms with van der Waals surface area (Å²) in [6, 6.07) is 9.00. The van der Waals surface area contributed by atoms with Crippen molar-refractivity contribution in [2.24, 2.45) is 0 Å². The maximum absolute atomic E-state index is 5.76. The minimum Gasteiger partial charge on any atom is -0.377 e. The van der Waals surface area contributed by atoms with Crippen LogP contribution in [0.25, 0.3) is 0 Å². The van der Waals surface area contributed by atoms with Crippen molar-refractivity contribution in [1.82, 2.24) is 10.2 Å². The second-order valence-corrected chi connectivity index (χ2v) is 5.55. The Morgan fingerprint density at radius 1 is 1.20 bits per heavy atom. The highest BCUT2D eigenvalue weighted by Crippen LogP contribution is 2.16. The van der Waals surface area contributed by atoms with E-state index >= 15 is 0 Å². The van der Waals surface area contributed by atoms with Crippen molar-refractivity contribution in [2.45, 2.75) is 45.9 Å². The summed E-state index contributed by atoms with van der Waals surface area (Å²) >= 11 is 0. The minimum atomic E-state index is 0.432. The maximum atomic E-state index is 5.76. The predicted octanol–water partition coefficient (Wildman–Crippen LogP) is 2.80. The van der Waals surface area contributed by atoms with Gasteiger partial charge in [-0.25, -0.2) is 0 Å². The molecular formula is C17H28N2O. The molecule has 1 aromatic carbocycles. The number of nitrogens with one attached hydrogen (secondary N) is 1. The summed E-state index contributed by atoms with van der Waals surface area (Å²) in [5.41, 5.74) is 2.77. The molecule has 2 rings (SSSR count). The molecule has 1 saturated heterocycles. The molecule has 1 aliphatic rings. The molecule has 3 nitrogen and oxygen atoms in total.